The van der Waals surface area contributed by atoms with Gasteiger partial charge < -0.3 is 15.8 Å². The number of hydrogen-bond acceptors (Lipinski definition) is 3. The third-order valence-corrected chi connectivity index (χ3v) is 2.21. The van der Waals surface area contributed by atoms with Crippen molar-refractivity contribution in [2.24, 2.45) is 0 Å². The number of anilines is 1. The fourth-order valence-electron chi connectivity index (χ4n) is 1.16. The molecule has 1 unspecified atom stereocenters. The highest BCUT2D eigenvalue weighted by Crippen LogP contribution is 2.12. The number of benzene rings is 1. The smallest absolute Gasteiger partial charge is 0.253 e. The molecule has 1 rings (SSSR count). The molecule has 88 valence electrons. The largest absolute Gasteiger partial charge is 0.398 e. The maximum atomic E-state index is 12.7. The molecule has 0 aliphatic carbocycles. The van der Waals surface area contributed by atoms with Gasteiger partial charge in [-0.15, -0.1) is 0 Å². The van der Waals surface area contributed by atoms with E-state index in [2.05, 4.69) is 5.32 Å². The van der Waals surface area contributed by atoms with Crippen molar-refractivity contribution < 1.29 is 13.9 Å². The zero-order valence-electron chi connectivity index (χ0n) is 9.29. The monoisotopic (exact) mass is 226 g/mol. The van der Waals surface area contributed by atoms with Gasteiger partial charge in [-0.1, -0.05) is 0 Å². The van der Waals surface area contributed by atoms with Gasteiger partial charge in [-0.3, -0.25) is 4.79 Å². The van der Waals surface area contributed by atoms with Crippen molar-refractivity contribution in [1.29, 1.82) is 0 Å². The summed E-state index contributed by atoms with van der Waals surface area (Å²) in [6.07, 6.45) is -0.0781. The van der Waals surface area contributed by atoms with Crippen LogP contribution in [0.15, 0.2) is 18.2 Å². The van der Waals surface area contributed by atoms with E-state index < -0.39 is 5.82 Å². The highest BCUT2D eigenvalue weighted by molar-refractivity contribution is 5.99. The summed E-state index contributed by atoms with van der Waals surface area (Å²) < 4.78 is 17.7. The standard InChI is InChI=1S/C11H15FN2O2/c1-7(16-2)6-14-11(15)9-4-3-8(12)5-10(9)13/h3-5,7H,6,13H2,1-2H3,(H,14,15). The van der Waals surface area contributed by atoms with Gasteiger partial charge in [0.1, 0.15) is 5.82 Å². The Balaban J connectivity index is 2.66. The summed E-state index contributed by atoms with van der Waals surface area (Å²) in [4.78, 5) is 11.6. The van der Waals surface area contributed by atoms with E-state index in [0.29, 0.717) is 6.54 Å². The first-order chi connectivity index (χ1) is 7.54. The van der Waals surface area contributed by atoms with Crippen molar-refractivity contribution in [3.05, 3.63) is 29.6 Å². The molecule has 0 heterocycles. The van der Waals surface area contributed by atoms with E-state index in [-0.39, 0.29) is 23.3 Å². The minimum atomic E-state index is -0.459. The Morgan fingerprint density at radius 2 is 2.31 bits per heavy atom. The Morgan fingerprint density at radius 3 is 2.88 bits per heavy atom. The Morgan fingerprint density at radius 1 is 1.62 bits per heavy atom. The quantitative estimate of drug-likeness (QED) is 0.757. The Bertz CT molecular complexity index is 382. The van der Waals surface area contributed by atoms with Gasteiger partial charge in [0, 0.05) is 19.3 Å². The summed E-state index contributed by atoms with van der Waals surface area (Å²) in [7, 11) is 1.56. The van der Waals surface area contributed by atoms with E-state index in [9.17, 15) is 9.18 Å². The average Bonchev–Trinajstić information content (AvgIpc) is 2.25. The van der Waals surface area contributed by atoms with E-state index in [1.54, 1.807) is 7.11 Å². The summed E-state index contributed by atoms with van der Waals surface area (Å²) >= 11 is 0. The number of rotatable bonds is 4. The predicted octanol–water partition coefficient (Wildman–Crippen LogP) is 1.17. The average molecular weight is 226 g/mol. The molecule has 0 spiro atoms. The fourth-order valence-corrected chi connectivity index (χ4v) is 1.16. The van der Waals surface area contributed by atoms with Crippen LogP contribution in [0.4, 0.5) is 10.1 Å². The molecular formula is C11H15FN2O2. The molecule has 0 radical (unpaired) electrons. The first kappa shape index (κ1) is 12.4. The van der Waals surface area contributed by atoms with Crippen molar-refractivity contribution in [2.45, 2.75) is 13.0 Å². The second-order valence-electron chi connectivity index (χ2n) is 3.49. The molecular weight excluding hydrogens is 211 g/mol. The number of amides is 1. The second-order valence-corrected chi connectivity index (χ2v) is 3.49. The molecule has 1 atom stereocenters. The van der Waals surface area contributed by atoms with Crippen LogP contribution in [-0.2, 0) is 4.74 Å². The van der Waals surface area contributed by atoms with Crippen LogP contribution in [0.5, 0.6) is 0 Å². The molecule has 0 saturated carbocycles. The number of carbonyl (C=O) groups excluding carboxylic acids is 1. The molecule has 0 aliphatic heterocycles. The van der Waals surface area contributed by atoms with Gasteiger partial charge in [0.15, 0.2) is 0 Å². The second kappa shape index (κ2) is 5.46. The topological polar surface area (TPSA) is 64.3 Å². The van der Waals surface area contributed by atoms with Crippen LogP contribution >= 0.6 is 0 Å². The Hall–Kier alpha value is -1.62. The van der Waals surface area contributed by atoms with E-state index in [1.165, 1.54) is 12.1 Å². The first-order valence-corrected chi connectivity index (χ1v) is 4.90. The van der Waals surface area contributed by atoms with Crippen LogP contribution in [0.2, 0.25) is 0 Å². The molecule has 1 amide bonds. The molecule has 0 aromatic heterocycles. The van der Waals surface area contributed by atoms with Gasteiger partial charge in [0.25, 0.3) is 5.91 Å². The van der Waals surface area contributed by atoms with Gasteiger partial charge in [0.2, 0.25) is 0 Å². The summed E-state index contributed by atoms with van der Waals surface area (Å²) in [5, 5.41) is 2.64. The van der Waals surface area contributed by atoms with Crippen molar-refractivity contribution in [3.63, 3.8) is 0 Å². The van der Waals surface area contributed by atoms with Crippen LogP contribution < -0.4 is 11.1 Å². The Kier molecular flexibility index (Phi) is 4.25. The SMILES string of the molecule is COC(C)CNC(=O)c1ccc(F)cc1N. The van der Waals surface area contributed by atoms with Crippen LogP contribution in [0.25, 0.3) is 0 Å². The molecule has 0 saturated heterocycles. The lowest BCUT2D eigenvalue weighted by molar-refractivity contribution is 0.0871. The lowest BCUT2D eigenvalue weighted by Gasteiger charge is -2.11. The summed E-state index contributed by atoms with van der Waals surface area (Å²) in [5.74, 6) is -0.791. The highest BCUT2D eigenvalue weighted by Gasteiger charge is 2.10. The van der Waals surface area contributed by atoms with Gasteiger partial charge in [-0.2, -0.15) is 0 Å². The summed E-state index contributed by atoms with van der Waals surface area (Å²) in [6.45, 7) is 2.21. The molecule has 4 nitrogen and oxygen atoms in total. The van der Waals surface area contributed by atoms with Gasteiger partial charge in [0.05, 0.1) is 11.7 Å². The first-order valence-electron chi connectivity index (χ1n) is 4.90. The maximum Gasteiger partial charge on any atom is 0.253 e. The molecule has 1 aromatic rings. The fraction of sp³-hybridized carbons (Fsp3) is 0.364. The predicted molar refractivity (Wildman–Crippen MR) is 59.6 cm³/mol. The number of nitrogens with two attached hydrogens (primary N) is 1. The summed E-state index contributed by atoms with van der Waals surface area (Å²) in [6, 6.07) is 3.68. The molecule has 3 N–H and O–H groups in total. The molecule has 0 aliphatic rings. The zero-order chi connectivity index (χ0) is 12.1. The van der Waals surface area contributed by atoms with Crippen LogP contribution in [0.3, 0.4) is 0 Å². The number of halogens is 1. The molecule has 0 bridgehead atoms. The number of ether oxygens (including phenoxy) is 1. The number of nitrogens with one attached hydrogen (secondary N) is 1. The van der Waals surface area contributed by atoms with Crippen LogP contribution in [0, 0.1) is 5.82 Å². The summed E-state index contributed by atoms with van der Waals surface area (Å²) in [5.41, 5.74) is 5.92. The van der Waals surface area contributed by atoms with Crippen molar-refractivity contribution >= 4 is 11.6 Å². The van der Waals surface area contributed by atoms with Crippen molar-refractivity contribution in [2.75, 3.05) is 19.4 Å². The normalized spacial score (nSPS) is 12.2. The molecule has 16 heavy (non-hydrogen) atoms. The van der Waals surface area contributed by atoms with E-state index in [0.717, 1.165) is 6.07 Å². The van der Waals surface area contributed by atoms with E-state index in [4.69, 9.17) is 10.5 Å². The lowest BCUT2D eigenvalue weighted by atomic mass is 10.1. The van der Waals surface area contributed by atoms with Gasteiger partial charge in [-0.05, 0) is 25.1 Å². The maximum absolute atomic E-state index is 12.7. The number of hydrogen-bond donors (Lipinski definition) is 2. The number of methoxy groups -OCH3 is 1. The van der Waals surface area contributed by atoms with E-state index in [1.807, 2.05) is 6.92 Å². The van der Waals surface area contributed by atoms with Gasteiger partial charge >= 0.3 is 0 Å². The van der Waals surface area contributed by atoms with Crippen molar-refractivity contribution in [3.8, 4) is 0 Å². The lowest BCUT2D eigenvalue weighted by Crippen LogP contribution is -2.32. The van der Waals surface area contributed by atoms with Crippen LogP contribution in [-0.4, -0.2) is 25.7 Å². The molecule has 5 heteroatoms. The third kappa shape index (κ3) is 3.20. The molecule has 1 aromatic carbocycles. The minimum Gasteiger partial charge on any atom is -0.398 e. The number of nitrogen functional groups attached to an aromatic ring is 1. The number of carbonyl (C=O) groups is 1. The highest BCUT2D eigenvalue weighted by atomic mass is 19.1. The van der Waals surface area contributed by atoms with Crippen LogP contribution in [0.1, 0.15) is 17.3 Å². The molecule has 0 fully saturated rings. The van der Waals surface area contributed by atoms with Gasteiger partial charge in [-0.25, -0.2) is 4.39 Å². The zero-order valence-corrected chi connectivity index (χ0v) is 9.29. The van der Waals surface area contributed by atoms with E-state index >= 15 is 0 Å². The van der Waals surface area contributed by atoms with Crippen molar-refractivity contribution in [1.82, 2.24) is 5.32 Å². The Labute approximate surface area is 93.6 Å². The third-order valence-electron chi connectivity index (χ3n) is 2.21. The minimum absolute atomic E-state index is 0.0781.